The summed E-state index contributed by atoms with van der Waals surface area (Å²) < 4.78 is 100. The van der Waals surface area contributed by atoms with Gasteiger partial charge in [0.2, 0.25) is 0 Å². The lowest BCUT2D eigenvalue weighted by Crippen LogP contribution is -3.25. The standard InChI is InChI=1S/C17H21F6N3O2S/c18-16(19,20)15(17(21,22)23,25-6-10-27-11-7-25)24-29(14-4-2-1-3-5-14)26-8-12-28-13-9-26/h1-5H,6-13H2/p+1. The van der Waals surface area contributed by atoms with Gasteiger partial charge in [0, 0.05) is 28.9 Å². The van der Waals surface area contributed by atoms with Crippen molar-refractivity contribution in [1.82, 2.24) is 4.31 Å². The molecule has 2 saturated heterocycles. The van der Waals surface area contributed by atoms with Gasteiger partial charge in [-0.1, -0.05) is 18.2 Å². The molecule has 1 atom stereocenters. The van der Waals surface area contributed by atoms with Crippen LogP contribution >= 0.6 is 0 Å². The summed E-state index contributed by atoms with van der Waals surface area (Å²) in [6.07, 6.45) is -11.2. The number of nitrogens with one attached hydrogen (secondary N) is 1. The number of hydrogen-bond donors (Lipinski definition) is 1. The molecule has 2 fully saturated rings. The number of hydrogen-bond acceptors (Lipinski definition) is 3. The van der Waals surface area contributed by atoms with E-state index in [0.717, 1.165) is 0 Å². The van der Waals surface area contributed by atoms with Gasteiger partial charge in [0.05, 0.1) is 26.4 Å². The first-order valence-corrected chi connectivity index (χ1v) is 10.2. The van der Waals surface area contributed by atoms with Crippen molar-refractivity contribution >= 4 is 10.9 Å². The van der Waals surface area contributed by atoms with Crippen molar-refractivity contribution in [3.05, 3.63) is 30.3 Å². The Morgan fingerprint density at radius 1 is 0.828 bits per heavy atom. The highest BCUT2D eigenvalue weighted by atomic mass is 32.2. The maximum Gasteiger partial charge on any atom is 0.478 e. The molecule has 12 heteroatoms. The first kappa shape index (κ1) is 22.5. The van der Waals surface area contributed by atoms with Gasteiger partial charge in [0.1, 0.15) is 13.1 Å². The Morgan fingerprint density at radius 3 is 1.86 bits per heavy atom. The van der Waals surface area contributed by atoms with E-state index in [1.54, 1.807) is 18.2 Å². The van der Waals surface area contributed by atoms with Crippen LogP contribution in [0, 0.1) is 0 Å². The maximum atomic E-state index is 14.2. The van der Waals surface area contributed by atoms with Crippen LogP contribution in [0.2, 0.25) is 0 Å². The van der Waals surface area contributed by atoms with E-state index in [0.29, 0.717) is 4.90 Å². The molecule has 29 heavy (non-hydrogen) atoms. The summed E-state index contributed by atoms with van der Waals surface area (Å²) in [5, 5.41) is 0. The Kier molecular flexibility index (Phi) is 6.88. The zero-order chi connectivity index (χ0) is 21.1. The third-order valence-corrected chi connectivity index (χ3v) is 6.82. The second-order valence-corrected chi connectivity index (χ2v) is 8.33. The molecule has 2 heterocycles. The Hall–Kier alpha value is -1.21. The fourth-order valence-electron chi connectivity index (χ4n) is 3.36. The summed E-state index contributed by atoms with van der Waals surface area (Å²) in [4.78, 5) is -0.384. The Balaban J connectivity index is 2.21. The van der Waals surface area contributed by atoms with Crippen molar-refractivity contribution in [3.8, 4) is 0 Å². The van der Waals surface area contributed by atoms with Crippen molar-refractivity contribution in [1.29, 1.82) is 0 Å². The van der Waals surface area contributed by atoms with Crippen molar-refractivity contribution in [3.63, 3.8) is 0 Å². The lowest BCUT2D eigenvalue weighted by molar-refractivity contribution is -0.985. The summed E-state index contributed by atoms with van der Waals surface area (Å²) in [7, 11) is -1.76. The summed E-state index contributed by atoms with van der Waals surface area (Å²) >= 11 is 0. The average Bonchev–Trinajstić information content (AvgIpc) is 2.69. The quantitative estimate of drug-likeness (QED) is 0.718. The van der Waals surface area contributed by atoms with E-state index in [-0.39, 0.29) is 39.5 Å². The molecule has 1 unspecified atom stereocenters. The number of benzene rings is 1. The molecule has 0 radical (unpaired) electrons. The van der Waals surface area contributed by atoms with Gasteiger partial charge < -0.3 is 9.47 Å². The molecule has 0 aromatic heterocycles. The largest absolute Gasteiger partial charge is 0.478 e. The SMILES string of the molecule is FC(F)(F)C(N=S(c1ccccc1)N1CCOCC1)([NH+]1CCOCC1)C(F)(F)F. The van der Waals surface area contributed by atoms with Crippen LogP contribution in [0.1, 0.15) is 0 Å². The molecule has 0 bridgehead atoms. The Bertz CT molecular complexity index is 687. The van der Waals surface area contributed by atoms with Gasteiger partial charge in [-0.2, -0.15) is 30.7 Å². The van der Waals surface area contributed by atoms with E-state index in [9.17, 15) is 26.3 Å². The second-order valence-electron chi connectivity index (χ2n) is 6.63. The van der Waals surface area contributed by atoms with E-state index in [1.165, 1.54) is 16.4 Å². The third kappa shape index (κ3) is 4.61. The van der Waals surface area contributed by atoms with E-state index in [2.05, 4.69) is 4.36 Å². The average molecular weight is 446 g/mol. The first-order chi connectivity index (χ1) is 13.7. The number of ether oxygens (including phenoxy) is 2. The number of nitrogens with zero attached hydrogens (tertiary/aromatic N) is 2. The highest BCUT2D eigenvalue weighted by molar-refractivity contribution is 7.85. The molecule has 1 N–H and O–H groups in total. The van der Waals surface area contributed by atoms with Crippen LogP contribution in [0.3, 0.4) is 0 Å². The van der Waals surface area contributed by atoms with Gasteiger partial charge in [-0.25, -0.2) is 4.31 Å². The van der Waals surface area contributed by atoms with Gasteiger partial charge in [0.25, 0.3) is 0 Å². The minimum absolute atomic E-state index is 0.185. The van der Waals surface area contributed by atoms with Crippen molar-refractivity contribution in [2.45, 2.75) is 22.9 Å². The van der Waals surface area contributed by atoms with Crippen LogP contribution in [-0.4, -0.2) is 74.9 Å². The topological polar surface area (TPSA) is 38.5 Å². The molecule has 1 aromatic rings. The number of rotatable bonds is 4. The molecular weight excluding hydrogens is 424 g/mol. The third-order valence-electron chi connectivity index (χ3n) is 4.82. The van der Waals surface area contributed by atoms with E-state index in [1.807, 2.05) is 0 Å². The van der Waals surface area contributed by atoms with Crippen LogP contribution in [0.25, 0.3) is 0 Å². The number of alkyl halides is 6. The van der Waals surface area contributed by atoms with Crippen LogP contribution < -0.4 is 4.90 Å². The molecule has 1 aromatic carbocycles. The van der Waals surface area contributed by atoms with Crippen LogP contribution in [0.5, 0.6) is 0 Å². The summed E-state index contributed by atoms with van der Waals surface area (Å²) in [6, 6.07) is 7.83. The molecular formula is C17H22F6N3O2S+. The molecule has 2 aliphatic rings. The van der Waals surface area contributed by atoms with E-state index in [4.69, 9.17) is 9.47 Å². The van der Waals surface area contributed by atoms with Gasteiger partial charge in [-0.15, -0.1) is 0 Å². The van der Waals surface area contributed by atoms with Crippen molar-refractivity contribution in [2.75, 3.05) is 52.6 Å². The fraction of sp³-hybridized carbons (Fsp3) is 0.647. The van der Waals surface area contributed by atoms with Crippen molar-refractivity contribution in [2.24, 2.45) is 4.36 Å². The van der Waals surface area contributed by atoms with E-state index < -0.39 is 46.9 Å². The number of halogens is 6. The van der Waals surface area contributed by atoms with Crippen molar-refractivity contribution < 1.29 is 40.7 Å². The molecule has 0 aliphatic carbocycles. The normalized spacial score (nSPS) is 22.0. The molecule has 0 saturated carbocycles. The minimum Gasteiger partial charge on any atom is -0.379 e. The van der Waals surface area contributed by atoms with Crippen LogP contribution in [-0.2, 0) is 20.4 Å². The predicted octanol–water partition coefficient (Wildman–Crippen LogP) is 1.83. The maximum absolute atomic E-state index is 14.2. The van der Waals surface area contributed by atoms with E-state index >= 15 is 0 Å². The molecule has 2 aliphatic heterocycles. The predicted molar refractivity (Wildman–Crippen MR) is 93.2 cm³/mol. The lowest BCUT2D eigenvalue weighted by Gasteiger charge is -2.42. The smallest absolute Gasteiger partial charge is 0.379 e. The monoisotopic (exact) mass is 446 g/mol. The Morgan fingerprint density at radius 2 is 1.34 bits per heavy atom. The molecule has 0 amide bonds. The molecule has 5 nitrogen and oxygen atoms in total. The zero-order valence-electron chi connectivity index (χ0n) is 15.4. The van der Waals surface area contributed by atoms with Crippen LogP contribution in [0.4, 0.5) is 26.3 Å². The molecule has 0 spiro atoms. The summed E-state index contributed by atoms with van der Waals surface area (Å²) in [6.45, 7) is -0.389. The van der Waals surface area contributed by atoms with Gasteiger partial charge in [-0.05, 0) is 12.1 Å². The lowest BCUT2D eigenvalue weighted by atomic mass is 10.1. The summed E-state index contributed by atoms with van der Waals surface area (Å²) in [5.74, 6) is 0. The highest BCUT2D eigenvalue weighted by Gasteiger charge is 2.79. The number of quaternary nitrogens is 1. The zero-order valence-corrected chi connectivity index (χ0v) is 16.2. The first-order valence-electron chi connectivity index (χ1n) is 9.08. The van der Waals surface area contributed by atoms with Crippen LogP contribution in [0.15, 0.2) is 39.6 Å². The molecule has 3 rings (SSSR count). The number of morpholine rings is 2. The van der Waals surface area contributed by atoms with Gasteiger partial charge in [-0.3, -0.25) is 4.90 Å². The van der Waals surface area contributed by atoms with Gasteiger partial charge in [0.15, 0.2) is 0 Å². The van der Waals surface area contributed by atoms with Gasteiger partial charge >= 0.3 is 18.0 Å². The minimum atomic E-state index is -5.62. The molecule has 164 valence electrons. The second kappa shape index (κ2) is 8.88. The fourth-order valence-corrected chi connectivity index (χ4v) is 5.37. The summed E-state index contributed by atoms with van der Waals surface area (Å²) in [5.41, 5.74) is -4.24. The highest BCUT2D eigenvalue weighted by Crippen LogP contribution is 2.43. The Labute approximate surface area is 166 Å².